The van der Waals surface area contributed by atoms with Crippen molar-refractivity contribution in [2.24, 2.45) is 16.3 Å². The summed E-state index contributed by atoms with van der Waals surface area (Å²) in [5, 5.41) is 15.2. The zero-order chi connectivity index (χ0) is 14.5. The molecule has 1 aliphatic carbocycles. The molecule has 0 radical (unpaired) electrons. The Morgan fingerprint density at radius 3 is 2.26 bits per heavy atom. The summed E-state index contributed by atoms with van der Waals surface area (Å²) in [7, 11) is 0. The van der Waals surface area contributed by atoms with Crippen molar-refractivity contribution in [3.63, 3.8) is 0 Å². The third-order valence-corrected chi connectivity index (χ3v) is 4.61. The minimum Gasteiger partial charge on any atom is -0.409 e. The van der Waals surface area contributed by atoms with Crippen molar-refractivity contribution in [2.45, 2.75) is 71.3 Å². The summed E-state index contributed by atoms with van der Waals surface area (Å²) in [4.78, 5) is 12.6. The molecule has 0 saturated heterocycles. The van der Waals surface area contributed by atoms with Gasteiger partial charge in [0.1, 0.15) is 5.41 Å². The van der Waals surface area contributed by atoms with Crippen LogP contribution in [0, 0.1) is 5.41 Å². The fraction of sp³-hybridized carbons (Fsp3) is 0.857. The molecule has 0 aromatic carbocycles. The lowest BCUT2D eigenvalue weighted by molar-refractivity contribution is -0.130. The first-order chi connectivity index (χ1) is 8.94. The second kappa shape index (κ2) is 6.26. The van der Waals surface area contributed by atoms with Gasteiger partial charge in [0.2, 0.25) is 5.91 Å². The van der Waals surface area contributed by atoms with E-state index in [0.717, 1.165) is 25.7 Å². The molecule has 1 fully saturated rings. The highest BCUT2D eigenvalue weighted by Crippen LogP contribution is 2.32. The fourth-order valence-electron chi connectivity index (χ4n) is 3.00. The molecule has 19 heavy (non-hydrogen) atoms. The number of oxime groups is 1. The summed E-state index contributed by atoms with van der Waals surface area (Å²) >= 11 is 0. The van der Waals surface area contributed by atoms with E-state index in [9.17, 15) is 4.79 Å². The number of hydrogen-bond donors (Lipinski definition) is 3. The van der Waals surface area contributed by atoms with Gasteiger partial charge in [-0.3, -0.25) is 4.79 Å². The summed E-state index contributed by atoms with van der Waals surface area (Å²) in [6.07, 6.45) is 6.58. The molecular formula is C14H27N3O2. The van der Waals surface area contributed by atoms with Crippen LogP contribution in [-0.2, 0) is 4.79 Å². The third kappa shape index (κ3) is 3.19. The number of hydrogen-bond acceptors (Lipinski definition) is 3. The molecule has 4 N–H and O–H groups in total. The van der Waals surface area contributed by atoms with Gasteiger partial charge < -0.3 is 16.3 Å². The van der Waals surface area contributed by atoms with E-state index in [-0.39, 0.29) is 17.3 Å². The summed E-state index contributed by atoms with van der Waals surface area (Å²) < 4.78 is 0. The van der Waals surface area contributed by atoms with Crippen molar-refractivity contribution in [3.05, 3.63) is 0 Å². The van der Waals surface area contributed by atoms with Crippen LogP contribution in [-0.4, -0.2) is 22.5 Å². The zero-order valence-electron chi connectivity index (χ0n) is 12.3. The Morgan fingerprint density at radius 2 is 1.84 bits per heavy atom. The van der Waals surface area contributed by atoms with E-state index in [4.69, 9.17) is 10.9 Å². The number of rotatable bonds is 5. The topological polar surface area (TPSA) is 87.7 Å². The van der Waals surface area contributed by atoms with Gasteiger partial charge in [0, 0.05) is 5.54 Å². The predicted octanol–water partition coefficient (Wildman–Crippen LogP) is 2.38. The van der Waals surface area contributed by atoms with Gasteiger partial charge in [-0.2, -0.15) is 0 Å². The van der Waals surface area contributed by atoms with Gasteiger partial charge in [-0.25, -0.2) is 0 Å². The van der Waals surface area contributed by atoms with Crippen molar-refractivity contribution in [3.8, 4) is 0 Å². The summed E-state index contributed by atoms with van der Waals surface area (Å²) in [6.45, 7) is 5.88. The second-order valence-corrected chi connectivity index (χ2v) is 5.85. The van der Waals surface area contributed by atoms with Gasteiger partial charge in [-0.15, -0.1) is 0 Å². The lowest BCUT2D eigenvalue weighted by Gasteiger charge is -2.38. The molecule has 0 aromatic rings. The molecule has 0 unspecified atom stereocenters. The van der Waals surface area contributed by atoms with Gasteiger partial charge in [-0.05, 0) is 32.6 Å². The number of amidine groups is 1. The molecule has 1 rings (SSSR count). The van der Waals surface area contributed by atoms with Crippen LogP contribution in [0.15, 0.2) is 5.16 Å². The van der Waals surface area contributed by atoms with Crippen molar-refractivity contribution >= 4 is 11.7 Å². The van der Waals surface area contributed by atoms with Crippen molar-refractivity contribution in [2.75, 3.05) is 0 Å². The molecule has 5 nitrogen and oxygen atoms in total. The normalized spacial score (nSPS) is 20.1. The van der Waals surface area contributed by atoms with E-state index >= 15 is 0 Å². The maximum absolute atomic E-state index is 12.6. The first-order valence-corrected chi connectivity index (χ1v) is 7.24. The monoisotopic (exact) mass is 269 g/mol. The van der Waals surface area contributed by atoms with Gasteiger partial charge >= 0.3 is 0 Å². The molecule has 1 saturated carbocycles. The van der Waals surface area contributed by atoms with Gasteiger partial charge in [0.15, 0.2) is 5.84 Å². The van der Waals surface area contributed by atoms with E-state index in [1.165, 1.54) is 6.42 Å². The maximum Gasteiger partial charge on any atom is 0.234 e. The number of nitrogens with two attached hydrogens (primary N) is 1. The average molecular weight is 269 g/mol. The predicted molar refractivity (Wildman–Crippen MR) is 76.1 cm³/mol. The highest BCUT2D eigenvalue weighted by Gasteiger charge is 2.42. The van der Waals surface area contributed by atoms with Crippen molar-refractivity contribution < 1.29 is 10.0 Å². The smallest absolute Gasteiger partial charge is 0.234 e. The first-order valence-electron chi connectivity index (χ1n) is 7.24. The van der Waals surface area contributed by atoms with Crippen LogP contribution in [0.2, 0.25) is 0 Å². The Kier molecular flexibility index (Phi) is 5.20. The quantitative estimate of drug-likeness (QED) is 0.310. The SMILES string of the molecule is CCC(CC)(C(=O)NC1(C)CCCCC1)C(N)=NO. The van der Waals surface area contributed by atoms with Crippen LogP contribution in [0.4, 0.5) is 0 Å². The summed E-state index contributed by atoms with van der Waals surface area (Å²) in [6, 6.07) is 0. The van der Waals surface area contributed by atoms with Crippen molar-refractivity contribution in [1.29, 1.82) is 0 Å². The summed E-state index contributed by atoms with van der Waals surface area (Å²) in [5.41, 5.74) is 4.72. The maximum atomic E-state index is 12.6. The Morgan fingerprint density at radius 1 is 1.32 bits per heavy atom. The number of nitrogens with zero attached hydrogens (tertiary/aromatic N) is 1. The minimum absolute atomic E-state index is 0.00871. The van der Waals surface area contributed by atoms with Gasteiger partial charge in [0.05, 0.1) is 0 Å². The molecule has 1 amide bonds. The molecule has 0 heterocycles. The molecule has 0 spiro atoms. The van der Waals surface area contributed by atoms with E-state index in [1.54, 1.807) is 0 Å². The minimum atomic E-state index is -0.894. The molecule has 5 heteroatoms. The molecular weight excluding hydrogens is 242 g/mol. The first kappa shape index (κ1) is 15.8. The number of carbonyl (C=O) groups excluding carboxylic acids is 1. The second-order valence-electron chi connectivity index (χ2n) is 5.85. The largest absolute Gasteiger partial charge is 0.409 e. The van der Waals surface area contributed by atoms with Crippen LogP contribution < -0.4 is 11.1 Å². The molecule has 1 aliphatic rings. The van der Waals surface area contributed by atoms with E-state index in [0.29, 0.717) is 12.8 Å². The molecule has 110 valence electrons. The third-order valence-electron chi connectivity index (χ3n) is 4.61. The van der Waals surface area contributed by atoms with E-state index in [1.807, 2.05) is 13.8 Å². The Labute approximate surface area is 115 Å². The standard InChI is InChI=1S/C14H27N3O2/c1-4-14(5-2,11(15)17-19)12(18)16-13(3)9-7-6-8-10-13/h19H,4-10H2,1-3H3,(H2,15,17)(H,16,18). The molecule has 0 aliphatic heterocycles. The Bertz CT molecular complexity index is 343. The summed E-state index contributed by atoms with van der Waals surface area (Å²) in [5.74, 6) is -0.105. The van der Waals surface area contributed by atoms with E-state index < -0.39 is 5.41 Å². The fourth-order valence-corrected chi connectivity index (χ4v) is 3.00. The van der Waals surface area contributed by atoms with Crippen LogP contribution in [0.3, 0.4) is 0 Å². The lowest BCUT2D eigenvalue weighted by Crippen LogP contribution is -2.56. The van der Waals surface area contributed by atoms with E-state index in [2.05, 4.69) is 17.4 Å². The number of carbonyl (C=O) groups is 1. The van der Waals surface area contributed by atoms with Gasteiger partial charge in [-0.1, -0.05) is 38.3 Å². The molecule has 0 bridgehead atoms. The number of amides is 1. The Hall–Kier alpha value is -1.26. The lowest BCUT2D eigenvalue weighted by atomic mass is 9.77. The van der Waals surface area contributed by atoms with Crippen molar-refractivity contribution in [1.82, 2.24) is 5.32 Å². The highest BCUT2D eigenvalue weighted by molar-refractivity contribution is 6.06. The molecule has 0 aromatic heterocycles. The highest BCUT2D eigenvalue weighted by atomic mass is 16.4. The Balaban J connectivity index is 2.89. The van der Waals surface area contributed by atoms with Crippen LogP contribution >= 0.6 is 0 Å². The van der Waals surface area contributed by atoms with Gasteiger partial charge in [0.25, 0.3) is 0 Å². The van der Waals surface area contributed by atoms with Crippen LogP contribution in [0.25, 0.3) is 0 Å². The number of nitrogens with one attached hydrogen (secondary N) is 1. The zero-order valence-corrected chi connectivity index (χ0v) is 12.3. The average Bonchev–Trinajstić information content (AvgIpc) is 2.40. The van der Waals surface area contributed by atoms with Crippen LogP contribution in [0.5, 0.6) is 0 Å². The molecule has 0 atom stereocenters. The van der Waals surface area contributed by atoms with Crippen LogP contribution in [0.1, 0.15) is 65.7 Å².